The van der Waals surface area contributed by atoms with Crippen molar-refractivity contribution in [3.63, 3.8) is 0 Å². The first-order valence-corrected chi connectivity index (χ1v) is 7.45. The van der Waals surface area contributed by atoms with E-state index in [9.17, 15) is 13.6 Å². The Morgan fingerprint density at radius 3 is 2.57 bits per heavy atom. The molecule has 7 heteroatoms. The van der Waals surface area contributed by atoms with Crippen LogP contribution < -0.4 is 4.90 Å². The van der Waals surface area contributed by atoms with Crippen LogP contribution in [0.5, 0.6) is 0 Å². The van der Waals surface area contributed by atoms with Crippen LogP contribution in [0, 0.1) is 11.6 Å². The van der Waals surface area contributed by atoms with Crippen molar-refractivity contribution >= 4 is 17.4 Å². The first-order chi connectivity index (χ1) is 11.0. The number of carbonyl (C=O) groups is 1. The SMILES string of the molecule is CN1CC=C(c2c(F)cc(N3C[C@H](CO)OC3=O)cc2F)CC1. The lowest BCUT2D eigenvalue weighted by atomic mass is 9.98. The highest BCUT2D eigenvalue weighted by molar-refractivity contribution is 5.90. The number of halogens is 2. The van der Waals surface area contributed by atoms with Crippen LogP contribution in [0.4, 0.5) is 19.3 Å². The maximum absolute atomic E-state index is 14.4. The molecule has 124 valence electrons. The second-order valence-corrected chi connectivity index (χ2v) is 5.82. The van der Waals surface area contributed by atoms with Gasteiger partial charge in [0.05, 0.1) is 18.8 Å². The number of nitrogens with zero attached hydrogens (tertiary/aromatic N) is 2. The van der Waals surface area contributed by atoms with E-state index in [0.29, 0.717) is 18.5 Å². The fourth-order valence-corrected chi connectivity index (χ4v) is 2.85. The molecule has 0 radical (unpaired) electrons. The number of benzene rings is 1. The van der Waals surface area contributed by atoms with Crippen molar-refractivity contribution in [2.24, 2.45) is 0 Å². The van der Waals surface area contributed by atoms with Gasteiger partial charge in [-0.15, -0.1) is 0 Å². The minimum absolute atomic E-state index is 0.0341. The van der Waals surface area contributed by atoms with Gasteiger partial charge in [0.25, 0.3) is 0 Å². The third-order valence-electron chi connectivity index (χ3n) is 4.15. The molecule has 0 bridgehead atoms. The molecule has 0 saturated carbocycles. The molecular weight excluding hydrogens is 306 g/mol. The normalized spacial score (nSPS) is 22.3. The summed E-state index contributed by atoms with van der Waals surface area (Å²) in [5, 5.41) is 9.03. The van der Waals surface area contributed by atoms with Gasteiger partial charge >= 0.3 is 6.09 Å². The van der Waals surface area contributed by atoms with Gasteiger partial charge in [0.2, 0.25) is 0 Å². The Bertz CT molecular complexity index is 640. The topological polar surface area (TPSA) is 53.0 Å². The Morgan fingerprint density at radius 2 is 2.04 bits per heavy atom. The first kappa shape index (κ1) is 15.9. The Morgan fingerprint density at radius 1 is 1.35 bits per heavy atom. The number of hydrogen-bond donors (Lipinski definition) is 1. The third-order valence-corrected chi connectivity index (χ3v) is 4.15. The lowest BCUT2D eigenvalue weighted by Crippen LogP contribution is -2.26. The molecule has 1 N–H and O–H groups in total. The number of rotatable bonds is 3. The van der Waals surface area contributed by atoms with Crippen LogP contribution in [0.3, 0.4) is 0 Å². The van der Waals surface area contributed by atoms with Crippen LogP contribution in [0.25, 0.3) is 5.57 Å². The molecule has 0 spiro atoms. The van der Waals surface area contributed by atoms with Crippen molar-refractivity contribution in [3.8, 4) is 0 Å². The van der Waals surface area contributed by atoms with Crippen molar-refractivity contribution in [1.29, 1.82) is 0 Å². The van der Waals surface area contributed by atoms with Crippen molar-refractivity contribution in [3.05, 3.63) is 35.4 Å². The molecule has 2 aliphatic rings. The summed E-state index contributed by atoms with van der Waals surface area (Å²) in [6.07, 6.45) is 0.998. The molecule has 0 unspecified atom stereocenters. The molecule has 0 aliphatic carbocycles. The van der Waals surface area contributed by atoms with Gasteiger partial charge < -0.3 is 14.7 Å². The van der Waals surface area contributed by atoms with E-state index in [1.807, 2.05) is 13.1 Å². The van der Waals surface area contributed by atoms with E-state index in [0.717, 1.165) is 23.6 Å². The molecule has 3 rings (SSSR count). The van der Waals surface area contributed by atoms with E-state index in [4.69, 9.17) is 9.84 Å². The van der Waals surface area contributed by atoms with Crippen LogP contribution in [0.1, 0.15) is 12.0 Å². The van der Waals surface area contributed by atoms with Crippen LogP contribution >= 0.6 is 0 Å². The highest BCUT2D eigenvalue weighted by atomic mass is 19.1. The maximum atomic E-state index is 14.4. The van der Waals surface area contributed by atoms with Gasteiger partial charge in [0.1, 0.15) is 17.7 Å². The molecule has 1 aromatic rings. The second kappa shape index (κ2) is 6.25. The van der Waals surface area contributed by atoms with E-state index in [-0.39, 0.29) is 24.4 Å². The number of carbonyl (C=O) groups excluding carboxylic acids is 1. The number of anilines is 1. The molecule has 1 fully saturated rings. The summed E-state index contributed by atoms with van der Waals surface area (Å²) in [6.45, 7) is 1.13. The number of hydrogen-bond acceptors (Lipinski definition) is 4. The Kier molecular flexibility index (Phi) is 4.32. The minimum atomic E-state index is -0.714. The molecule has 1 amide bonds. The van der Waals surface area contributed by atoms with Crippen molar-refractivity contribution in [2.45, 2.75) is 12.5 Å². The van der Waals surface area contributed by atoms with Crippen LogP contribution in [0.15, 0.2) is 18.2 Å². The minimum Gasteiger partial charge on any atom is -0.441 e. The smallest absolute Gasteiger partial charge is 0.414 e. The van der Waals surface area contributed by atoms with Gasteiger partial charge in [-0.2, -0.15) is 0 Å². The van der Waals surface area contributed by atoms with E-state index >= 15 is 0 Å². The summed E-state index contributed by atoms with van der Waals surface area (Å²) >= 11 is 0. The van der Waals surface area contributed by atoms with Crippen molar-refractivity contribution in [2.75, 3.05) is 38.2 Å². The quantitative estimate of drug-likeness (QED) is 0.924. The number of likely N-dealkylation sites (N-methyl/N-ethyl adjacent to an activating group) is 1. The number of amides is 1. The van der Waals surface area contributed by atoms with E-state index < -0.39 is 23.8 Å². The monoisotopic (exact) mass is 324 g/mol. The first-order valence-electron chi connectivity index (χ1n) is 7.45. The van der Waals surface area contributed by atoms with Crippen LogP contribution in [0.2, 0.25) is 0 Å². The standard InChI is InChI=1S/C16H18F2N2O3/c1-19-4-2-10(3-5-19)15-13(17)6-11(7-14(15)18)20-8-12(9-21)23-16(20)22/h2,6-7,12,21H,3-5,8-9H2,1H3/t12-/m1/s1. The fourth-order valence-electron chi connectivity index (χ4n) is 2.85. The highest BCUT2D eigenvalue weighted by Gasteiger charge is 2.33. The zero-order valence-electron chi connectivity index (χ0n) is 12.8. The summed E-state index contributed by atoms with van der Waals surface area (Å²) in [7, 11) is 1.94. The van der Waals surface area contributed by atoms with Gasteiger partial charge in [-0.3, -0.25) is 4.90 Å². The number of aliphatic hydroxyl groups is 1. The van der Waals surface area contributed by atoms with E-state index in [1.54, 1.807) is 0 Å². The van der Waals surface area contributed by atoms with Gasteiger partial charge in [-0.25, -0.2) is 13.6 Å². The van der Waals surface area contributed by atoms with Crippen LogP contribution in [-0.4, -0.2) is 55.5 Å². The maximum Gasteiger partial charge on any atom is 0.414 e. The third kappa shape index (κ3) is 3.07. The van der Waals surface area contributed by atoms with E-state index in [1.165, 1.54) is 0 Å². The number of cyclic esters (lactones) is 1. The zero-order valence-corrected chi connectivity index (χ0v) is 12.8. The largest absolute Gasteiger partial charge is 0.441 e. The highest BCUT2D eigenvalue weighted by Crippen LogP contribution is 2.31. The predicted octanol–water partition coefficient (Wildman–Crippen LogP) is 2.00. The molecule has 1 aromatic carbocycles. The molecule has 23 heavy (non-hydrogen) atoms. The average molecular weight is 324 g/mol. The summed E-state index contributed by atoms with van der Waals surface area (Å²) in [4.78, 5) is 14.9. The second-order valence-electron chi connectivity index (χ2n) is 5.82. The average Bonchev–Trinajstić information content (AvgIpc) is 2.89. The fraction of sp³-hybridized carbons (Fsp3) is 0.438. The Labute approximate surface area is 132 Å². The van der Waals surface area contributed by atoms with Gasteiger partial charge in [0.15, 0.2) is 0 Å². The van der Waals surface area contributed by atoms with Gasteiger partial charge in [-0.1, -0.05) is 6.08 Å². The predicted molar refractivity (Wildman–Crippen MR) is 81.1 cm³/mol. The molecule has 1 saturated heterocycles. The molecule has 0 aromatic heterocycles. The lowest BCUT2D eigenvalue weighted by Gasteiger charge is -2.23. The molecule has 2 heterocycles. The van der Waals surface area contributed by atoms with E-state index in [2.05, 4.69) is 4.90 Å². The van der Waals surface area contributed by atoms with Crippen molar-refractivity contribution < 1.29 is 23.4 Å². The summed E-state index contributed by atoms with van der Waals surface area (Å²) in [6, 6.07) is 2.27. The van der Waals surface area contributed by atoms with Crippen LogP contribution in [-0.2, 0) is 4.74 Å². The summed E-state index contributed by atoms with van der Waals surface area (Å²) in [5.74, 6) is -1.40. The number of aliphatic hydroxyl groups excluding tert-OH is 1. The van der Waals surface area contributed by atoms with Gasteiger partial charge in [-0.05, 0) is 31.2 Å². The molecule has 1 atom stereocenters. The summed E-state index contributed by atoms with van der Waals surface area (Å²) in [5.41, 5.74) is 0.702. The Hall–Kier alpha value is -1.99. The number of ether oxygens (including phenoxy) is 1. The molecule has 2 aliphatic heterocycles. The Balaban J connectivity index is 1.91. The summed E-state index contributed by atoms with van der Waals surface area (Å²) < 4.78 is 33.7. The lowest BCUT2D eigenvalue weighted by molar-refractivity contribution is 0.0963. The van der Waals surface area contributed by atoms with Crippen molar-refractivity contribution in [1.82, 2.24) is 4.90 Å². The van der Waals surface area contributed by atoms with Gasteiger partial charge in [0, 0.05) is 18.7 Å². The zero-order chi connectivity index (χ0) is 16.6. The molecule has 5 nitrogen and oxygen atoms in total. The molecular formula is C16H18F2N2O3.